The van der Waals surface area contributed by atoms with Crippen LogP contribution in [0.15, 0.2) is 0 Å². The summed E-state index contributed by atoms with van der Waals surface area (Å²) in [5.74, 6) is -0.0903. The average Bonchev–Trinajstić information content (AvgIpc) is 1.64. The summed E-state index contributed by atoms with van der Waals surface area (Å²) in [6, 6.07) is 0.0903. The lowest BCUT2D eigenvalue weighted by Crippen LogP contribution is -2.35. The number of hydrogen-bond acceptors (Lipinski definition) is 2. The Balaban J connectivity index is 3.83. The number of rotatable bonds is 2. The Morgan fingerprint density at radius 1 is 1.67 bits per heavy atom. The number of carbonyl (C=O) groups is 1. The molecule has 0 bridgehead atoms. The van der Waals surface area contributed by atoms with Gasteiger partial charge in [-0.1, -0.05) is 0 Å². The minimum absolute atomic E-state index is 0.0903. The van der Waals surface area contributed by atoms with E-state index in [4.69, 9.17) is 5.11 Å². The zero-order chi connectivity index (χ0) is 7.44. The maximum absolute atomic E-state index is 10.6. The highest BCUT2D eigenvalue weighted by molar-refractivity contribution is 5.73. The maximum Gasteiger partial charge on any atom is 0.221 e. The molecule has 3 heteroatoms. The van der Waals surface area contributed by atoms with Gasteiger partial charge in [0.1, 0.15) is 6.73 Å². The van der Waals surface area contributed by atoms with Gasteiger partial charge in [0.25, 0.3) is 0 Å². The van der Waals surface area contributed by atoms with Gasteiger partial charge in [0.2, 0.25) is 5.91 Å². The number of nitrogens with zero attached hydrogens (tertiary/aromatic N) is 1. The zero-order valence-corrected chi connectivity index (χ0v) is 6.09. The lowest BCUT2D eigenvalue weighted by Gasteiger charge is -2.21. The maximum atomic E-state index is 10.6. The molecule has 0 unspecified atom stereocenters. The van der Waals surface area contributed by atoms with Crippen molar-refractivity contribution in [3.8, 4) is 0 Å². The molecule has 9 heavy (non-hydrogen) atoms. The highest BCUT2D eigenvalue weighted by atomic mass is 16.3. The fourth-order valence-electron chi connectivity index (χ4n) is 0.626. The molecule has 0 aromatic heterocycles. The Kier molecular flexibility index (Phi) is 3.24. The van der Waals surface area contributed by atoms with Gasteiger partial charge >= 0.3 is 0 Å². The molecule has 0 fully saturated rings. The summed E-state index contributed by atoms with van der Waals surface area (Å²) >= 11 is 0. The van der Waals surface area contributed by atoms with Crippen LogP contribution in [0, 0.1) is 0 Å². The van der Waals surface area contributed by atoms with E-state index in [-0.39, 0.29) is 18.7 Å². The molecule has 1 amide bonds. The van der Waals surface area contributed by atoms with Crippen molar-refractivity contribution in [1.82, 2.24) is 4.90 Å². The summed E-state index contributed by atoms with van der Waals surface area (Å²) in [4.78, 5) is 12.0. The van der Waals surface area contributed by atoms with E-state index in [0.717, 1.165) is 0 Å². The van der Waals surface area contributed by atoms with Gasteiger partial charge in [-0.3, -0.25) is 4.79 Å². The molecular formula is C6H13NO2. The quantitative estimate of drug-likeness (QED) is 0.543. The van der Waals surface area contributed by atoms with Gasteiger partial charge in [-0.25, -0.2) is 0 Å². The van der Waals surface area contributed by atoms with Gasteiger partial charge in [-0.05, 0) is 13.8 Å². The van der Waals surface area contributed by atoms with Crippen molar-refractivity contribution in [2.75, 3.05) is 6.73 Å². The number of amides is 1. The third kappa shape index (κ3) is 2.46. The fraction of sp³-hybridized carbons (Fsp3) is 0.833. The molecular weight excluding hydrogens is 118 g/mol. The molecule has 0 heterocycles. The second-order valence-electron chi connectivity index (χ2n) is 2.22. The molecule has 0 aliphatic carbocycles. The van der Waals surface area contributed by atoms with Crippen LogP contribution in [0.4, 0.5) is 0 Å². The van der Waals surface area contributed by atoms with Crippen LogP contribution < -0.4 is 0 Å². The monoisotopic (exact) mass is 131 g/mol. The molecule has 54 valence electrons. The average molecular weight is 131 g/mol. The van der Waals surface area contributed by atoms with Crippen LogP contribution in [0.25, 0.3) is 0 Å². The van der Waals surface area contributed by atoms with Gasteiger partial charge in [-0.15, -0.1) is 0 Å². The summed E-state index contributed by atoms with van der Waals surface area (Å²) in [5, 5.41) is 8.57. The molecule has 0 rings (SSSR count). The second kappa shape index (κ2) is 3.45. The fourth-order valence-corrected chi connectivity index (χ4v) is 0.626. The first-order chi connectivity index (χ1) is 4.09. The molecule has 0 atom stereocenters. The summed E-state index contributed by atoms with van der Waals surface area (Å²) in [6.07, 6.45) is 0. The molecule has 0 spiro atoms. The van der Waals surface area contributed by atoms with E-state index < -0.39 is 0 Å². The Bertz CT molecular complexity index is 101. The van der Waals surface area contributed by atoms with Crippen LogP contribution in [0.5, 0.6) is 0 Å². The number of aliphatic hydroxyl groups excluding tert-OH is 1. The normalized spacial score (nSPS) is 9.89. The van der Waals surface area contributed by atoms with Crippen LogP contribution in [0.2, 0.25) is 0 Å². The summed E-state index contributed by atoms with van der Waals surface area (Å²) in [7, 11) is 0. The zero-order valence-electron chi connectivity index (χ0n) is 6.09. The molecule has 0 aliphatic rings. The number of aliphatic hydroxyl groups is 1. The van der Waals surface area contributed by atoms with Gasteiger partial charge in [-0.2, -0.15) is 0 Å². The minimum atomic E-state index is -0.188. The lowest BCUT2D eigenvalue weighted by atomic mass is 10.3. The van der Waals surface area contributed by atoms with E-state index >= 15 is 0 Å². The molecule has 0 aromatic carbocycles. The highest BCUT2D eigenvalue weighted by Gasteiger charge is 2.09. The second-order valence-corrected chi connectivity index (χ2v) is 2.22. The first kappa shape index (κ1) is 8.43. The van der Waals surface area contributed by atoms with Crippen LogP contribution in [-0.2, 0) is 4.79 Å². The van der Waals surface area contributed by atoms with E-state index in [1.165, 1.54) is 11.8 Å². The van der Waals surface area contributed by atoms with Crippen molar-refractivity contribution < 1.29 is 9.90 Å². The van der Waals surface area contributed by atoms with Crippen molar-refractivity contribution in [2.45, 2.75) is 26.8 Å². The Morgan fingerprint density at radius 3 is 2.11 bits per heavy atom. The molecule has 0 aliphatic heterocycles. The number of hydrogen-bond donors (Lipinski definition) is 1. The van der Waals surface area contributed by atoms with Gasteiger partial charge in [0.05, 0.1) is 0 Å². The largest absolute Gasteiger partial charge is 0.376 e. The van der Waals surface area contributed by atoms with E-state index in [9.17, 15) is 4.79 Å². The first-order valence-corrected chi connectivity index (χ1v) is 2.97. The first-order valence-electron chi connectivity index (χ1n) is 2.97. The molecule has 1 N–H and O–H groups in total. The standard InChI is InChI=1S/C6H13NO2/c1-5(2)7(4-8)6(3)9/h5,8H,4H2,1-3H3. The molecule has 0 saturated heterocycles. The van der Waals surface area contributed by atoms with E-state index in [0.29, 0.717) is 0 Å². The van der Waals surface area contributed by atoms with Gasteiger partial charge in [0.15, 0.2) is 0 Å². The lowest BCUT2D eigenvalue weighted by molar-refractivity contribution is -0.134. The van der Waals surface area contributed by atoms with Crippen LogP contribution in [0.3, 0.4) is 0 Å². The Morgan fingerprint density at radius 2 is 2.11 bits per heavy atom. The summed E-state index contributed by atoms with van der Waals surface area (Å²) in [6.45, 7) is 4.97. The van der Waals surface area contributed by atoms with E-state index in [1.54, 1.807) is 0 Å². The van der Waals surface area contributed by atoms with Crippen molar-refractivity contribution in [3.05, 3.63) is 0 Å². The van der Waals surface area contributed by atoms with Crippen molar-refractivity contribution in [2.24, 2.45) is 0 Å². The van der Waals surface area contributed by atoms with E-state index in [1.807, 2.05) is 13.8 Å². The third-order valence-electron chi connectivity index (χ3n) is 1.18. The minimum Gasteiger partial charge on any atom is -0.376 e. The van der Waals surface area contributed by atoms with Crippen molar-refractivity contribution in [1.29, 1.82) is 0 Å². The molecule has 0 aromatic rings. The van der Waals surface area contributed by atoms with Crippen LogP contribution >= 0.6 is 0 Å². The predicted octanol–water partition coefficient (Wildman–Crippen LogP) is 0.193. The molecule has 0 radical (unpaired) electrons. The molecule has 0 saturated carbocycles. The smallest absolute Gasteiger partial charge is 0.221 e. The van der Waals surface area contributed by atoms with Crippen LogP contribution in [0.1, 0.15) is 20.8 Å². The van der Waals surface area contributed by atoms with E-state index in [2.05, 4.69) is 0 Å². The van der Waals surface area contributed by atoms with Gasteiger partial charge in [0, 0.05) is 13.0 Å². The number of carbonyl (C=O) groups excluding carboxylic acids is 1. The summed E-state index contributed by atoms with van der Waals surface area (Å²) < 4.78 is 0. The third-order valence-corrected chi connectivity index (χ3v) is 1.18. The summed E-state index contributed by atoms with van der Waals surface area (Å²) in [5.41, 5.74) is 0. The van der Waals surface area contributed by atoms with Crippen molar-refractivity contribution >= 4 is 5.91 Å². The SMILES string of the molecule is CC(=O)N(CO)C(C)C. The topological polar surface area (TPSA) is 40.5 Å². The van der Waals surface area contributed by atoms with Gasteiger partial charge < -0.3 is 10.0 Å². The Labute approximate surface area is 55.3 Å². The molecule has 3 nitrogen and oxygen atoms in total. The van der Waals surface area contributed by atoms with Crippen molar-refractivity contribution in [3.63, 3.8) is 0 Å². The Hall–Kier alpha value is -0.570. The van der Waals surface area contributed by atoms with Crippen LogP contribution in [-0.4, -0.2) is 28.7 Å². The predicted molar refractivity (Wildman–Crippen MR) is 34.7 cm³/mol. The highest BCUT2D eigenvalue weighted by Crippen LogP contribution is 1.95.